The molecule has 0 radical (unpaired) electrons. The minimum Gasteiger partial charge on any atom is -0.331 e. The highest BCUT2D eigenvalue weighted by molar-refractivity contribution is 7.69. The lowest BCUT2D eigenvalue weighted by molar-refractivity contribution is 1.37. The molecule has 0 aliphatic carbocycles. The van der Waals surface area contributed by atoms with Gasteiger partial charge in [-0.05, 0) is 12.1 Å². The Bertz CT molecular complexity index is 498. The number of anilines is 2. The average Bonchev–Trinajstić information content (AvgIpc) is 2.64. The summed E-state index contributed by atoms with van der Waals surface area (Å²) in [6.07, 6.45) is 0. The molecule has 86 valence electrons. The maximum atomic E-state index is 2.39. The van der Waals surface area contributed by atoms with Crippen LogP contribution in [0.4, 0.5) is 11.4 Å². The van der Waals surface area contributed by atoms with E-state index in [1.165, 1.54) is 16.7 Å². The predicted molar refractivity (Wildman–Crippen MR) is 76.2 cm³/mol. The van der Waals surface area contributed by atoms with E-state index in [0.717, 1.165) is 0 Å². The SMILES string of the molecule is CN1c2ccccc2N(C)P1c1ccccc1. The van der Waals surface area contributed by atoms with E-state index in [9.17, 15) is 0 Å². The van der Waals surface area contributed by atoms with Crippen molar-refractivity contribution < 1.29 is 0 Å². The van der Waals surface area contributed by atoms with Gasteiger partial charge < -0.3 is 9.34 Å². The summed E-state index contributed by atoms with van der Waals surface area (Å²) in [5, 5.41) is 1.39. The summed E-state index contributed by atoms with van der Waals surface area (Å²) < 4.78 is 4.78. The van der Waals surface area contributed by atoms with E-state index in [2.05, 4.69) is 78.0 Å². The maximum Gasteiger partial charge on any atom is 0.128 e. The molecule has 1 aliphatic heterocycles. The maximum absolute atomic E-state index is 2.39. The predicted octanol–water partition coefficient (Wildman–Crippen LogP) is 3.21. The molecule has 0 fully saturated rings. The second kappa shape index (κ2) is 4.05. The number of benzene rings is 2. The van der Waals surface area contributed by atoms with Crippen LogP contribution in [0.2, 0.25) is 0 Å². The van der Waals surface area contributed by atoms with Gasteiger partial charge >= 0.3 is 0 Å². The summed E-state index contributed by atoms with van der Waals surface area (Å²) in [7, 11) is 3.94. The van der Waals surface area contributed by atoms with E-state index < -0.39 is 8.22 Å². The highest BCUT2D eigenvalue weighted by Crippen LogP contribution is 2.56. The number of hydrogen-bond acceptors (Lipinski definition) is 2. The fourth-order valence-electron chi connectivity index (χ4n) is 2.32. The molecular weight excluding hydrogens is 227 g/mol. The largest absolute Gasteiger partial charge is 0.331 e. The van der Waals surface area contributed by atoms with Crippen LogP contribution >= 0.6 is 8.22 Å². The van der Waals surface area contributed by atoms with E-state index in [0.29, 0.717) is 0 Å². The van der Waals surface area contributed by atoms with Crippen LogP contribution in [0.15, 0.2) is 54.6 Å². The number of para-hydroxylation sites is 2. The zero-order valence-electron chi connectivity index (χ0n) is 10.0. The van der Waals surface area contributed by atoms with Crippen molar-refractivity contribution in [1.82, 2.24) is 0 Å². The molecule has 0 N–H and O–H groups in total. The Morgan fingerprint density at radius 3 is 1.71 bits per heavy atom. The number of rotatable bonds is 1. The lowest BCUT2D eigenvalue weighted by atomic mass is 10.3. The second-order valence-electron chi connectivity index (χ2n) is 4.16. The summed E-state index contributed by atoms with van der Waals surface area (Å²) in [5.41, 5.74) is 2.65. The number of hydrogen-bond donors (Lipinski definition) is 0. The van der Waals surface area contributed by atoms with E-state index in [1.807, 2.05) is 0 Å². The van der Waals surface area contributed by atoms with Gasteiger partial charge in [0.05, 0.1) is 11.4 Å². The Morgan fingerprint density at radius 2 is 1.18 bits per heavy atom. The molecular formula is C14H15N2P. The highest BCUT2D eigenvalue weighted by atomic mass is 31.1. The Kier molecular flexibility index (Phi) is 2.53. The molecule has 0 saturated heterocycles. The number of fused-ring (bicyclic) bond motifs is 1. The summed E-state index contributed by atoms with van der Waals surface area (Å²) in [5.74, 6) is 0. The molecule has 1 aliphatic rings. The van der Waals surface area contributed by atoms with Crippen molar-refractivity contribution in [3.63, 3.8) is 0 Å². The summed E-state index contributed by atoms with van der Waals surface area (Å²) in [6, 6.07) is 19.3. The van der Waals surface area contributed by atoms with Crippen molar-refractivity contribution in [2.24, 2.45) is 0 Å². The Balaban J connectivity index is 2.06. The van der Waals surface area contributed by atoms with Crippen molar-refractivity contribution in [2.45, 2.75) is 0 Å². The van der Waals surface area contributed by atoms with Crippen LogP contribution in [0.3, 0.4) is 0 Å². The van der Waals surface area contributed by atoms with Crippen molar-refractivity contribution in [3.05, 3.63) is 54.6 Å². The van der Waals surface area contributed by atoms with Gasteiger partial charge in [-0.15, -0.1) is 0 Å². The van der Waals surface area contributed by atoms with Crippen LogP contribution in [0.25, 0.3) is 0 Å². The fraction of sp³-hybridized carbons (Fsp3) is 0.143. The van der Waals surface area contributed by atoms with Gasteiger partial charge in [0.1, 0.15) is 8.22 Å². The second-order valence-corrected chi connectivity index (χ2v) is 6.46. The molecule has 0 aromatic heterocycles. The van der Waals surface area contributed by atoms with E-state index >= 15 is 0 Å². The summed E-state index contributed by atoms with van der Waals surface area (Å²) in [4.78, 5) is 0. The average molecular weight is 242 g/mol. The van der Waals surface area contributed by atoms with Gasteiger partial charge in [-0.3, -0.25) is 0 Å². The van der Waals surface area contributed by atoms with Gasteiger partial charge in [-0.2, -0.15) is 0 Å². The molecule has 2 aromatic rings. The summed E-state index contributed by atoms with van der Waals surface area (Å²) in [6.45, 7) is 0. The van der Waals surface area contributed by atoms with Crippen LogP contribution in [0, 0.1) is 0 Å². The van der Waals surface area contributed by atoms with Gasteiger partial charge in [-0.1, -0.05) is 42.5 Å². The van der Waals surface area contributed by atoms with Crippen molar-refractivity contribution >= 4 is 24.9 Å². The quantitative estimate of drug-likeness (QED) is 0.708. The van der Waals surface area contributed by atoms with Crippen LogP contribution in [-0.4, -0.2) is 14.1 Å². The molecule has 0 bridgehead atoms. The van der Waals surface area contributed by atoms with Crippen molar-refractivity contribution in [2.75, 3.05) is 23.4 Å². The van der Waals surface area contributed by atoms with E-state index in [-0.39, 0.29) is 0 Å². The lowest BCUT2D eigenvalue weighted by Crippen LogP contribution is -2.21. The Hall–Kier alpha value is -1.53. The Morgan fingerprint density at radius 1 is 0.706 bits per heavy atom. The van der Waals surface area contributed by atoms with Gasteiger partial charge in [0.2, 0.25) is 0 Å². The van der Waals surface area contributed by atoms with E-state index in [4.69, 9.17) is 0 Å². The third-order valence-corrected chi connectivity index (χ3v) is 5.46. The molecule has 0 saturated carbocycles. The molecule has 3 heteroatoms. The van der Waals surface area contributed by atoms with Crippen LogP contribution in [0.5, 0.6) is 0 Å². The molecule has 0 amide bonds. The molecule has 1 heterocycles. The molecule has 0 atom stereocenters. The van der Waals surface area contributed by atoms with E-state index in [1.54, 1.807) is 0 Å². The van der Waals surface area contributed by atoms with Gasteiger partial charge in [0.15, 0.2) is 0 Å². The third kappa shape index (κ3) is 1.60. The molecule has 0 unspecified atom stereocenters. The molecule has 2 aromatic carbocycles. The normalized spacial score (nSPS) is 15.2. The van der Waals surface area contributed by atoms with Gasteiger partial charge in [-0.25, -0.2) is 0 Å². The first-order valence-corrected chi connectivity index (χ1v) is 6.95. The summed E-state index contributed by atoms with van der Waals surface area (Å²) >= 11 is 0. The van der Waals surface area contributed by atoms with Crippen LogP contribution < -0.4 is 14.6 Å². The Labute approximate surface area is 103 Å². The molecule has 3 rings (SSSR count). The first kappa shape index (κ1) is 10.6. The standard InChI is InChI=1S/C14H15N2P/c1-15-13-10-6-7-11-14(13)16(2)17(15)12-8-4-3-5-9-12/h3-11H,1-2H3. The van der Waals surface area contributed by atoms with Gasteiger partial charge in [0, 0.05) is 19.4 Å². The first-order chi connectivity index (χ1) is 8.29. The highest BCUT2D eigenvalue weighted by Gasteiger charge is 2.32. The van der Waals surface area contributed by atoms with Crippen LogP contribution in [0.1, 0.15) is 0 Å². The van der Waals surface area contributed by atoms with Crippen molar-refractivity contribution in [1.29, 1.82) is 0 Å². The zero-order chi connectivity index (χ0) is 11.8. The smallest absolute Gasteiger partial charge is 0.128 e. The molecule has 2 nitrogen and oxygen atoms in total. The fourth-order valence-corrected chi connectivity index (χ4v) is 4.61. The van der Waals surface area contributed by atoms with Gasteiger partial charge in [0.25, 0.3) is 0 Å². The first-order valence-electron chi connectivity index (χ1n) is 5.70. The zero-order valence-corrected chi connectivity index (χ0v) is 10.9. The lowest BCUT2D eigenvalue weighted by Gasteiger charge is -2.27. The monoisotopic (exact) mass is 242 g/mol. The third-order valence-electron chi connectivity index (χ3n) is 3.13. The van der Waals surface area contributed by atoms with Crippen LogP contribution in [-0.2, 0) is 0 Å². The van der Waals surface area contributed by atoms with Crippen molar-refractivity contribution in [3.8, 4) is 0 Å². The number of nitrogens with zero attached hydrogens (tertiary/aromatic N) is 2. The minimum absolute atomic E-state index is 0.423. The minimum atomic E-state index is -0.423. The molecule has 0 spiro atoms. The topological polar surface area (TPSA) is 6.48 Å². The molecule has 17 heavy (non-hydrogen) atoms.